The van der Waals surface area contributed by atoms with Gasteiger partial charge in [0.05, 0.1) is 6.54 Å². The first-order valence-electron chi connectivity index (χ1n) is 7.23. The first kappa shape index (κ1) is 14.1. The summed E-state index contributed by atoms with van der Waals surface area (Å²) in [6.45, 7) is 6.19. The molecule has 1 saturated heterocycles. The highest BCUT2D eigenvalue weighted by molar-refractivity contribution is 5.78. The average Bonchev–Trinajstić information content (AvgIpc) is 3.21. The molecule has 1 aliphatic heterocycles. The summed E-state index contributed by atoms with van der Waals surface area (Å²) < 4.78 is 0. The lowest BCUT2D eigenvalue weighted by atomic mass is 10.3. The van der Waals surface area contributed by atoms with Crippen LogP contribution in [-0.4, -0.2) is 67.0 Å². The summed E-state index contributed by atoms with van der Waals surface area (Å²) in [5.41, 5.74) is 0. The summed E-state index contributed by atoms with van der Waals surface area (Å²) in [5, 5.41) is 5.87. The predicted molar refractivity (Wildman–Crippen MR) is 72.9 cm³/mol. The van der Waals surface area contributed by atoms with Crippen molar-refractivity contribution >= 4 is 11.9 Å². The minimum absolute atomic E-state index is 0.0533. The van der Waals surface area contributed by atoms with E-state index in [9.17, 15) is 9.59 Å². The van der Waals surface area contributed by atoms with Gasteiger partial charge in [0.15, 0.2) is 0 Å². The molecule has 1 heterocycles. The fraction of sp³-hybridized carbons (Fsp3) is 0.846. The molecule has 0 bridgehead atoms. The zero-order valence-corrected chi connectivity index (χ0v) is 11.7. The summed E-state index contributed by atoms with van der Waals surface area (Å²) >= 11 is 0. The summed E-state index contributed by atoms with van der Waals surface area (Å²) in [5.74, 6) is 0.0812. The lowest BCUT2D eigenvalue weighted by Gasteiger charge is -2.34. The number of nitrogens with one attached hydrogen (secondary N) is 2. The Morgan fingerprint density at radius 1 is 1.16 bits per heavy atom. The molecular formula is C13H24N4O2. The second kappa shape index (κ2) is 6.75. The first-order chi connectivity index (χ1) is 9.19. The number of hydrogen-bond donors (Lipinski definition) is 2. The number of carbonyl (C=O) groups excluding carboxylic acids is 2. The van der Waals surface area contributed by atoms with E-state index in [0.29, 0.717) is 25.7 Å². The third-order valence-electron chi connectivity index (χ3n) is 3.50. The van der Waals surface area contributed by atoms with Crippen LogP contribution < -0.4 is 10.6 Å². The zero-order valence-electron chi connectivity index (χ0n) is 11.7. The van der Waals surface area contributed by atoms with Gasteiger partial charge < -0.3 is 15.5 Å². The van der Waals surface area contributed by atoms with Crippen LogP contribution in [0.25, 0.3) is 0 Å². The summed E-state index contributed by atoms with van der Waals surface area (Å²) in [4.78, 5) is 27.4. The van der Waals surface area contributed by atoms with E-state index in [1.165, 1.54) is 0 Å². The number of hydrogen-bond acceptors (Lipinski definition) is 3. The van der Waals surface area contributed by atoms with Crippen molar-refractivity contribution in [2.75, 3.05) is 39.3 Å². The Morgan fingerprint density at radius 2 is 1.84 bits per heavy atom. The van der Waals surface area contributed by atoms with Crippen LogP contribution in [0.1, 0.15) is 26.2 Å². The SMILES string of the molecule is CCCNC(=O)CN1CCN(C(=O)NC2CC2)CC1. The van der Waals surface area contributed by atoms with E-state index < -0.39 is 0 Å². The molecule has 1 saturated carbocycles. The van der Waals surface area contributed by atoms with Crippen molar-refractivity contribution in [2.24, 2.45) is 0 Å². The largest absolute Gasteiger partial charge is 0.355 e. The van der Waals surface area contributed by atoms with Gasteiger partial charge in [0.25, 0.3) is 0 Å². The van der Waals surface area contributed by atoms with Crippen LogP contribution in [0.4, 0.5) is 4.79 Å². The van der Waals surface area contributed by atoms with Crippen molar-refractivity contribution in [2.45, 2.75) is 32.2 Å². The number of rotatable bonds is 5. The molecule has 0 atom stereocenters. The molecule has 1 aliphatic carbocycles. The summed E-state index contributed by atoms with van der Waals surface area (Å²) in [6.07, 6.45) is 3.19. The third-order valence-corrected chi connectivity index (χ3v) is 3.50. The van der Waals surface area contributed by atoms with Crippen molar-refractivity contribution < 1.29 is 9.59 Å². The Kier molecular flexibility index (Phi) is 5.01. The molecule has 2 rings (SSSR count). The average molecular weight is 268 g/mol. The molecule has 19 heavy (non-hydrogen) atoms. The van der Waals surface area contributed by atoms with Crippen LogP contribution >= 0.6 is 0 Å². The number of amides is 3. The van der Waals surface area contributed by atoms with E-state index in [4.69, 9.17) is 0 Å². The maximum Gasteiger partial charge on any atom is 0.317 e. The number of urea groups is 1. The van der Waals surface area contributed by atoms with E-state index in [1.54, 1.807) is 0 Å². The van der Waals surface area contributed by atoms with E-state index in [-0.39, 0.29) is 11.9 Å². The van der Waals surface area contributed by atoms with Gasteiger partial charge in [-0.1, -0.05) is 6.92 Å². The van der Waals surface area contributed by atoms with Crippen molar-refractivity contribution in [3.05, 3.63) is 0 Å². The van der Waals surface area contributed by atoms with Gasteiger partial charge in [0.2, 0.25) is 5.91 Å². The van der Waals surface area contributed by atoms with Gasteiger partial charge in [-0.25, -0.2) is 4.79 Å². The zero-order chi connectivity index (χ0) is 13.7. The van der Waals surface area contributed by atoms with Gasteiger partial charge in [-0.2, -0.15) is 0 Å². The summed E-state index contributed by atoms with van der Waals surface area (Å²) in [7, 11) is 0. The smallest absolute Gasteiger partial charge is 0.317 e. The van der Waals surface area contributed by atoms with Crippen molar-refractivity contribution in [1.82, 2.24) is 20.4 Å². The van der Waals surface area contributed by atoms with Crippen LogP contribution in [-0.2, 0) is 4.79 Å². The minimum atomic E-state index is 0.0533. The molecule has 0 spiro atoms. The third kappa shape index (κ3) is 4.70. The number of carbonyl (C=O) groups is 2. The monoisotopic (exact) mass is 268 g/mol. The molecule has 0 unspecified atom stereocenters. The lowest BCUT2D eigenvalue weighted by Crippen LogP contribution is -2.53. The number of piperazine rings is 1. The molecule has 0 radical (unpaired) electrons. The van der Waals surface area contributed by atoms with Gasteiger partial charge in [0.1, 0.15) is 0 Å². The van der Waals surface area contributed by atoms with Gasteiger partial charge >= 0.3 is 6.03 Å². The van der Waals surface area contributed by atoms with Crippen LogP contribution in [0.5, 0.6) is 0 Å². The van der Waals surface area contributed by atoms with E-state index in [0.717, 1.165) is 38.9 Å². The normalized spacial score (nSPS) is 20.2. The minimum Gasteiger partial charge on any atom is -0.355 e. The summed E-state index contributed by atoms with van der Waals surface area (Å²) in [6, 6.07) is 0.461. The molecule has 3 amide bonds. The Labute approximate surface area is 114 Å². The molecule has 108 valence electrons. The fourth-order valence-corrected chi connectivity index (χ4v) is 2.13. The second-order valence-corrected chi connectivity index (χ2v) is 5.34. The maximum absolute atomic E-state index is 11.8. The highest BCUT2D eigenvalue weighted by atomic mass is 16.2. The molecule has 6 heteroatoms. The molecule has 0 aromatic heterocycles. The molecule has 0 aromatic carbocycles. The molecule has 2 N–H and O–H groups in total. The number of nitrogens with zero attached hydrogens (tertiary/aromatic N) is 2. The van der Waals surface area contributed by atoms with E-state index >= 15 is 0 Å². The van der Waals surface area contributed by atoms with Gasteiger partial charge in [-0.3, -0.25) is 9.69 Å². The Morgan fingerprint density at radius 3 is 2.42 bits per heavy atom. The predicted octanol–water partition coefficient (Wildman–Crippen LogP) is 0.00220. The Bertz CT molecular complexity index is 323. The molecule has 2 aliphatic rings. The topological polar surface area (TPSA) is 64.7 Å². The second-order valence-electron chi connectivity index (χ2n) is 5.34. The maximum atomic E-state index is 11.8. The van der Waals surface area contributed by atoms with Crippen LogP contribution in [0.3, 0.4) is 0 Å². The highest BCUT2D eigenvalue weighted by Gasteiger charge is 2.27. The van der Waals surface area contributed by atoms with Crippen molar-refractivity contribution in [1.29, 1.82) is 0 Å². The Hall–Kier alpha value is -1.30. The first-order valence-corrected chi connectivity index (χ1v) is 7.23. The van der Waals surface area contributed by atoms with Gasteiger partial charge in [-0.05, 0) is 19.3 Å². The van der Waals surface area contributed by atoms with Crippen LogP contribution in [0, 0.1) is 0 Å². The highest BCUT2D eigenvalue weighted by Crippen LogP contribution is 2.19. The molecule has 0 aromatic rings. The van der Waals surface area contributed by atoms with Crippen LogP contribution in [0.15, 0.2) is 0 Å². The van der Waals surface area contributed by atoms with Gasteiger partial charge in [0, 0.05) is 38.8 Å². The van der Waals surface area contributed by atoms with Crippen molar-refractivity contribution in [3.8, 4) is 0 Å². The standard InChI is InChI=1S/C13H24N4O2/c1-2-5-14-12(18)10-16-6-8-17(9-7-16)13(19)15-11-3-4-11/h11H,2-10H2,1H3,(H,14,18)(H,15,19). The molecule has 2 fully saturated rings. The van der Waals surface area contributed by atoms with E-state index in [2.05, 4.69) is 15.5 Å². The Balaban J connectivity index is 1.64. The molecular weight excluding hydrogens is 244 g/mol. The van der Waals surface area contributed by atoms with E-state index in [1.807, 2.05) is 11.8 Å². The molecule has 6 nitrogen and oxygen atoms in total. The van der Waals surface area contributed by atoms with Crippen LogP contribution in [0.2, 0.25) is 0 Å². The van der Waals surface area contributed by atoms with Gasteiger partial charge in [-0.15, -0.1) is 0 Å². The lowest BCUT2D eigenvalue weighted by molar-refractivity contribution is -0.122. The fourth-order valence-electron chi connectivity index (χ4n) is 2.13. The quantitative estimate of drug-likeness (QED) is 0.738. The van der Waals surface area contributed by atoms with Crippen molar-refractivity contribution in [3.63, 3.8) is 0 Å².